The van der Waals surface area contributed by atoms with Crippen molar-refractivity contribution < 1.29 is 0 Å². The molecule has 0 N–H and O–H groups in total. The van der Waals surface area contributed by atoms with E-state index in [1.165, 1.54) is 0 Å². The van der Waals surface area contributed by atoms with E-state index in [2.05, 4.69) is 18.0 Å². The Bertz CT molecular complexity index is 313. The SMILES string of the molecule is CCCC(C#N)(CC)c1ccccn1. The summed E-state index contributed by atoms with van der Waals surface area (Å²) in [5, 5.41) is 9.27. The van der Waals surface area contributed by atoms with Gasteiger partial charge in [0.15, 0.2) is 0 Å². The van der Waals surface area contributed by atoms with Gasteiger partial charge in [-0.15, -0.1) is 0 Å². The molecule has 0 aliphatic heterocycles. The van der Waals surface area contributed by atoms with E-state index in [-0.39, 0.29) is 5.41 Å². The van der Waals surface area contributed by atoms with Crippen LogP contribution in [0.4, 0.5) is 0 Å². The third kappa shape index (κ3) is 1.93. The molecular weight excluding hydrogens is 172 g/mol. The fourth-order valence-electron chi connectivity index (χ4n) is 1.75. The molecule has 0 aliphatic rings. The Morgan fingerprint density at radius 1 is 1.43 bits per heavy atom. The van der Waals surface area contributed by atoms with Crippen molar-refractivity contribution in [3.63, 3.8) is 0 Å². The fourth-order valence-corrected chi connectivity index (χ4v) is 1.75. The van der Waals surface area contributed by atoms with Gasteiger partial charge in [-0.05, 0) is 25.0 Å². The molecule has 0 saturated heterocycles. The zero-order valence-corrected chi connectivity index (χ0v) is 8.83. The predicted octanol–water partition coefficient (Wildman–Crippen LogP) is 3.05. The van der Waals surface area contributed by atoms with Crippen LogP contribution >= 0.6 is 0 Å². The molecule has 1 heterocycles. The van der Waals surface area contributed by atoms with Gasteiger partial charge in [0, 0.05) is 6.20 Å². The van der Waals surface area contributed by atoms with E-state index in [1.54, 1.807) is 6.20 Å². The van der Waals surface area contributed by atoms with Crippen molar-refractivity contribution in [2.45, 2.75) is 38.5 Å². The minimum atomic E-state index is -0.379. The van der Waals surface area contributed by atoms with E-state index in [0.717, 1.165) is 25.0 Å². The molecule has 2 nitrogen and oxygen atoms in total. The molecule has 14 heavy (non-hydrogen) atoms. The summed E-state index contributed by atoms with van der Waals surface area (Å²) in [4.78, 5) is 4.29. The Hall–Kier alpha value is -1.36. The van der Waals surface area contributed by atoms with Crippen molar-refractivity contribution >= 4 is 0 Å². The summed E-state index contributed by atoms with van der Waals surface area (Å²) >= 11 is 0. The minimum Gasteiger partial charge on any atom is -0.260 e. The lowest BCUT2D eigenvalue weighted by Gasteiger charge is -2.23. The maximum Gasteiger partial charge on any atom is 0.0990 e. The Balaban J connectivity index is 3.06. The zero-order chi connectivity index (χ0) is 10.4. The number of pyridine rings is 1. The summed E-state index contributed by atoms with van der Waals surface area (Å²) < 4.78 is 0. The Morgan fingerprint density at radius 2 is 2.21 bits per heavy atom. The first-order chi connectivity index (χ1) is 6.79. The molecule has 0 aromatic carbocycles. The first kappa shape index (κ1) is 10.7. The standard InChI is InChI=1S/C12H16N2/c1-3-8-12(4-2,10-13)11-7-5-6-9-14-11/h5-7,9H,3-4,8H2,1-2H3. The van der Waals surface area contributed by atoms with Crippen LogP contribution in [0.2, 0.25) is 0 Å². The molecule has 1 rings (SSSR count). The topological polar surface area (TPSA) is 36.7 Å². The highest BCUT2D eigenvalue weighted by atomic mass is 14.7. The van der Waals surface area contributed by atoms with Crippen LogP contribution in [0.1, 0.15) is 38.8 Å². The lowest BCUT2D eigenvalue weighted by atomic mass is 9.79. The molecule has 0 aliphatic carbocycles. The van der Waals surface area contributed by atoms with E-state index in [4.69, 9.17) is 0 Å². The van der Waals surface area contributed by atoms with E-state index in [1.807, 2.05) is 25.1 Å². The van der Waals surface area contributed by atoms with Crippen LogP contribution < -0.4 is 0 Å². The molecule has 1 aromatic heterocycles. The number of hydrogen-bond acceptors (Lipinski definition) is 2. The number of nitrogens with zero attached hydrogens (tertiary/aromatic N) is 2. The minimum absolute atomic E-state index is 0.379. The predicted molar refractivity (Wildman–Crippen MR) is 56.7 cm³/mol. The van der Waals surface area contributed by atoms with Crippen LogP contribution in [0.5, 0.6) is 0 Å². The molecule has 0 amide bonds. The number of rotatable bonds is 4. The lowest BCUT2D eigenvalue weighted by molar-refractivity contribution is 0.467. The second-order valence-electron chi connectivity index (χ2n) is 3.51. The monoisotopic (exact) mass is 188 g/mol. The van der Waals surface area contributed by atoms with E-state index < -0.39 is 0 Å². The number of hydrogen-bond donors (Lipinski definition) is 0. The maximum absolute atomic E-state index is 9.27. The molecule has 0 spiro atoms. The summed E-state index contributed by atoms with van der Waals surface area (Å²) in [6.07, 6.45) is 4.48. The highest BCUT2D eigenvalue weighted by Crippen LogP contribution is 2.30. The van der Waals surface area contributed by atoms with E-state index >= 15 is 0 Å². The summed E-state index contributed by atoms with van der Waals surface area (Å²) in [5.74, 6) is 0. The van der Waals surface area contributed by atoms with Gasteiger partial charge in [-0.3, -0.25) is 4.98 Å². The second kappa shape index (κ2) is 4.76. The third-order valence-electron chi connectivity index (χ3n) is 2.65. The quantitative estimate of drug-likeness (QED) is 0.728. The largest absolute Gasteiger partial charge is 0.260 e. The van der Waals surface area contributed by atoms with Crippen LogP contribution in [-0.4, -0.2) is 4.98 Å². The van der Waals surface area contributed by atoms with Crippen LogP contribution in [0.25, 0.3) is 0 Å². The molecule has 1 atom stereocenters. The number of aromatic nitrogens is 1. The van der Waals surface area contributed by atoms with Crippen LogP contribution in [0, 0.1) is 11.3 Å². The first-order valence-electron chi connectivity index (χ1n) is 5.12. The Labute approximate surface area is 85.6 Å². The van der Waals surface area contributed by atoms with Crippen LogP contribution in [0.15, 0.2) is 24.4 Å². The Kier molecular flexibility index (Phi) is 3.64. The lowest BCUT2D eigenvalue weighted by Crippen LogP contribution is -2.24. The van der Waals surface area contributed by atoms with Gasteiger partial charge in [-0.25, -0.2) is 0 Å². The van der Waals surface area contributed by atoms with E-state index in [9.17, 15) is 5.26 Å². The van der Waals surface area contributed by atoms with Crippen molar-refractivity contribution in [1.82, 2.24) is 4.98 Å². The van der Waals surface area contributed by atoms with Gasteiger partial charge in [0.1, 0.15) is 0 Å². The van der Waals surface area contributed by atoms with Crippen molar-refractivity contribution in [3.05, 3.63) is 30.1 Å². The molecule has 1 aromatic rings. The summed E-state index contributed by atoms with van der Waals surface area (Å²) in [6.45, 7) is 4.15. The molecule has 0 fully saturated rings. The van der Waals surface area contributed by atoms with Gasteiger partial charge < -0.3 is 0 Å². The van der Waals surface area contributed by atoms with Crippen LogP contribution in [-0.2, 0) is 5.41 Å². The molecule has 0 saturated carbocycles. The molecule has 1 unspecified atom stereocenters. The average molecular weight is 188 g/mol. The van der Waals surface area contributed by atoms with Crippen molar-refractivity contribution in [1.29, 1.82) is 5.26 Å². The summed E-state index contributed by atoms with van der Waals surface area (Å²) in [5.41, 5.74) is 0.530. The smallest absolute Gasteiger partial charge is 0.0990 e. The van der Waals surface area contributed by atoms with Gasteiger partial charge >= 0.3 is 0 Å². The van der Waals surface area contributed by atoms with Gasteiger partial charge in [0.2, 0.25) is 0 Å². The highest BCUT2D eigenvalue weighted by Gasteiger charge is 2.30. The average Bonchev–Trinajstić information content (AvgIpc) is 2.27. The van der Waals surface area contributed by atoms with Gasteiger partial charge in [-0.2, -0.15) is 5.26 Å². The fraction of sp³-hybridized carbons (Fsp3) is 0.500. The maximum atomic E-state index is 9.27. The van der Waals surface area contributed by atoms with E-state index in [0.29, 0.717) is 0 Å². The van der Waals surface area contributed by atoms with Gasteiger partial charge in [0.25, 0.3) is 0 Å². The normalized spacial score (nSPS) is 14.4. The van der Waals surface area contributed by atoms with Gasteiger partial charge in [0.05, 0.1) is 17.2 Å². The van der Waals surface area contributed by atoms with Crippen molar-refractivity contribution in [2.24, 2.45) is 0 Å². The molecular formula is C12H16N2. The Morgan fingerprint density at radius 3 is 2.64 bits per heavy atom. The molecule has 0 bridgehead atoms. The number of nitriles is 1. The molecule has 0 radical (unpaired) electrons. The first-order valence-corrected chi connectivity index (χ1v) is 5.12. The summed E-state index contributed by atoms with van der Waals surface area (Å²) in [7, 11) is 0. The second-order valence-corrected chi connectivity index (χ2v) is 3.51. The zero-order valence-electron chi connectivity index (χ0n) is 8.83. The van der Waals surface area contributed by atoms with Crippen molar-refractivity contribution in [2.75, 3.05) is 0 Å². The van der Waals surface area contributed by atoms with Crippen LogP contribution in [0.3, 0.4) is 0 Å². The highest BCUT2D eigenvalue weighted by molar-refractivity contribution is 5.25. The third-order valence-corrected chi connectivity index (χ3v) is 2.65. The summed E-state index contributed by atoms with van der Waals surface area (Å²) in [6, 6.07) is 8.19. The van der Waals surface area contributed by atoms with Gasteiger partial charge in [-0.1, -0.05) is 26.3 Å². The van der Waals surface area contributed by atoms with Crippen molar-refractivity contribution in [3.8, 4) is 6.07 Å². The molecule has 74 valence electrons. The molecule has 2 heteroatoms.